The third-order valence-electron chi connectivity index (χ3n) is 5.75. The fourth-order valence-corrected chi connectivity index (χ4v) is 4.13. The van der Waals surface area contributed by atoms with E-state index in [9.17, 15) is 10.6 Å². The van der Waals surface area contributed by atoms with Crippen molar-refractivity contribution in [3.05, 3.63) is 94.9 Å². The molecule has 0 aliphatic carbocycles. The molecular weight excluding hydrogens is 426 g/mol. The zero-order chi connectivity index (χ0) is 23.1. The second-order valence-electron chi connectivity index (χ2n) is 7.86. The van der Waals surface area contributed by atoms with E-state index in [-0.39, 0.29) is 19.8 Å². The van der Waals surface area contributed by atoms with E-state index >= 15 is 0 Å². The number of aliphatic hydroxyl groups excluding tert-OH is 1. The van der Waals surface area contributed by atoms with Gasteiger partial charge in [-0.2, -0.15) is 0 Å². The predicted molar refractivity (Wildman–Crippen MR) is 119 cm³/mol. The first kappa shape index (κ1) is 23.4. The van der Waals surface area contributed by atoms with Gasteiger partial charge in [0.25, 0.3) is 0 Å². The molecule has 0 amide bonds. The Morgan fingerprint density at radius 2 is 1.85 bits per heavy atom. The van der Waals surface area contributed by atoms with Crippen molar-refractivity contribution in [2.24, 2.45) is 5.11 Å². The van der Waals surface area contributed by atoms with Gasteiger partial charge in [-0.15, -0.1) is 6.58 Å². The molecule has 2 saturated heterocycles. The van der Waals surface area contributed by atoms with Gasteiger partial charge in [0.15, 0.2) is 18.1 Å². The summed E-state index contributed by atoms with van der Waals surface area (Å²) in [5.41, 5.74) is 9.56. The van der Waals surface area contributed by atoms with Gasteiger partial charge in [0.05, 0.1) is 26.4 Å². The van der Waals surface area contributed by atoms with Crippen molar-refractivity contribution in [2.75, 3.05) is 19.8 Å². The van der Waals surface area contributed by atoms with E-state index in [0.29, 0.717) is 0 Å². The Bertz CT molecular complexity index is 955. The summed E-state index contributed by atoms with van der Waals surface area (Å²) in [6.07, 6.45) is -2.32. The highest BCUT2D eigenvalue weighted by Crippen LogP contribution is 2.42. The molecule has 0 bridgehead atoms. The van der Waals surface area contributed by atoms with Crippen LogP contribution >= 0.6 is 0 Å². The van der Waals surface area contributed by atoms with Gasteiger partial charge in [0.1, 0.15) is 18.3 Å². The van der Waals surface area contributed by atoms with Gasteiger partial charge >= 0.3 is 0 Å². The van der Waals surface area contributed by atoms with Crippen LogP contribution in [0.15, 0.2) is 78.4 Å². The quantitative estimate of drug-likeness (QED) is 0.268. The van der Waals surface area contributed by atoms with Gasteiger partial charge in [0.2, 0.25) is 0 Å². The van der Waals surface area contributed by atoms with E-state index in [2.05, 4.69) is 16.6 Å². The summed E-state index contributed by atoms with van der Waals surface area (Å²) in [6.45, 7) is 3.64. The van der Waals surface area contributed by atoms with Crippen LogP contribution in [0.25, 0.3) is 10.4 Å². The average Bonchev–Trinajstić information content (AvgIpc) is 2.87. The molecule has 4 rings (SSSR count). The highest BCUT2D eigenvalue weighted by Gasteiger charge is 2.60. The summed E-state index contributed by atoms with van der Waals surface area (Å²) in [4.78, 5) is 2.99. The molecular formula is C24H27N3O6. The standard InChI is InChI=1S/C24H27N3O6/c1-2-13-29-23-24(16-28,26-27-25)21(30-14-17-9-5-3-6-10-17)20-19(32-23)15-31-22(33-20)18-11-7-4-8-12-18/h2-12,19-23,28H,1,13-16H2/t19-,20-,21+,22?,23+,24+/m1/s1. The highest BCUT2D eigenvalue weighted by atomic mass is 16.8. The number of aliphatic hydroxyl groups is 1. The molecule has 0 radical (unpaired) electrons. The number of benzene rings is 2. The van der Waals surface area contributed by atoms with Gasteiger partial charge in [-0.3, -0.25) is 0 Å². The Morgan fingerprint density at radius 1 is 1.12 bits per heavy atom. The molecule has 1 unspecified atom stereocenters. The topological polar surface area (TPSA) is 115 Å². The van der Waals surface area contributed by atoms with Crippen molar-refractivity contribution in [1.29, 1.82) is 0 Å². The van der Waals surface area contributed by atoms with E-state index in [1.165, 1.54) is 0 Å². The lowest BCUT2D eigenvalue weighted by molar-refractivity contribution is -0.364. The monoisotopic (exact) mass is 453 g/mol. The average molecular weight is 453 g/mol. The first-order valence-electron chi connectivity index (χ1n) is 10.7. The molecule has 0 saturated carbocycles. The van der Waals surface area contributed by atoms with E-state index in [1.54, 1.807) is 6.08 Å². The molecule has 9 nitrogen and oxygen atoms in total. The lowest BCUT2D eigenvalue weighted by Crippen LogP contribution is -2.70. The largest absolute Gasteiger partial charge is 0.395 e. The minimum absolute atomic E-state index is 0.129. The Morgan fingerprint density at radius 3 is 2.52 bits per heavy atom. The first-order valence-corrected chi connectivity index (χ1v) is 10.7. The molecule has 2 aromatic rings. The van der Waals surface area contributed by atoms with Gasteiger partial charge in [-0.25, -0.2) is 0 Å². The minimum atomic E-state index is -1.58. The zero-order valence-corrected chi connectivity index (χ0v) is 18.1. The van der Waals surface area contributed by atoms with Crippen LogP contribution < -0.4 is 0 Å². The number of hydrogen-bond donors (Lipinski definition) is 1. The second-order valence-corrected chi connectivity index (χ2v) is 7.86. The maximum Gasteiger partial charge on any atom is 0.184 e. The molecule has 0 aromatic heterocycles. The molecule has 6 atom stereocenters. The SMILES string of the molecule is C=CCO[C@H]1O[C@@H]2COC(c3ccccc3)O[C@H]2[C@H](OCc2ccccc2)[C@]1(CO)N=[N+]=[N-]. The number of fused-ring (bicyclic) bond motifs is 1. The second kappa shape index (κ2) is 10.9. The summed E-state index contributed by atoms with van der Waals surface area (Å²) in [5, 5.41) is 14.4. The maximum absolute atomic E-state index is 10.5. The third-order valence-corrected chi connectivity index (χ3v) is 5.75. The fraction of sp³-hybridized carbons (Fsp3) is 0.417. The minimum Gasteiger partial charge on any atom is -0.395 e. The van der Waals surface area contributed by atoms with Crippen molar-refractivity contribution in [3.8, 4) is 0 Å². The summed E-state index contributed by atoms with van der Waals surface area (Å²) in [7, 11) is 0. The van der Waals surface area contributed by atoms with E-state index in [4.69, 9.17) is 23.7 Å². The van der Waals surface area contributed by atoms with Crippen molar-refractivity contribution in [1.82, 2.24) is 0 Å². The van der Waals surface area contributed by atoms with Crippen LogP contribution in [-0.2, 0) is 30.3 Å². The Labute approximate surface area is 192 Å². The molecule has 33 heavy (non-hydrogen) atoms. The van der Waals surface area contributed by atoms with Crippen molar-refractivity contribution >= 4 is 0 Å². The maximum atomic E-state index is 10.5. The van der Waals surface area contributed by atoms with Gasteiger partial charge in [-0.1, -0.05) is 71.9 Å². The molecule has 2 aromatic carbocycles. The van der Waals surface area contributed by atoms with Gasteiger partial charge in [0, 0.05) is 10.5 Å². The normalized spacial score (nSPS) is 31.2. The molecule has 1 N–H and O–H groups in total. The van der Waals surface area contributed by atoms with E-state index < -0.39 is 43.0 Å². The molecule has 9 heteroatoms. The summed E-state index contributed by atoms with van der Waals surface area (Å²) < 4.78 is 30.4. The van der Waals surface area contributed by atoms with Crippen LogP contribution in [-0.4, -0.2) is 55.1 Å². The number of ether oxygens (including phenoxy) is 5. The van der Waals surface area contributed by atoms with Crippen LogP contribution in [0.5, 0.6) is 0 Å². The Kier molecular flexibility index (Phi) is 7.74. The van der Waals surface area contributed by atoms with Gasteiger partial charge < -0.3 is 28.8 Å². The molecule has 2 aliphatic rings. The summed E-state index contributed by atoms with van der Waals surface area (Å²) >= 11 is 0. The number of nitrogens with zero attached hydrogens (tertiary/aromatic N) is 3. The summed E-state index contributed by atoms with van der Waals surface area (Å²) in [5.74, 6) is 0. The van der Waals surface area contributed by atoms with E-state index in [1.807, 2.05) is 60.7 Å². The van der Waals surface area contributed by atoms with Crippen molar-refractivity contribution in [3.63, 3.8) is 0 Å². The van der Waals surface area contributed by atoms with Crippen LogP contribution in [0, 0.1) is 0 Å². The molecule has 2 fully saturated rings. The Hall–Kier alpha value is -2.75. The number of hydrogen-bond acceptors (Lipinski definition) is 7. The molecule has 2 heterocycles. The fourth-order valence-electron chi connectivity index (χ4n) is 4.13. The molecule has 174 valence electrons. The van der Waals surface area contributed by atoms with Crippen LogP contribution in [0.2, 0.25) is 0 Å². The lowest BCUT2D eigenvalue weighted by atomic mass is 9.83. The first-order chi connectivity index (χ1) is 16.2. The lowest BCUT2D eigenvalue weighted by Gasteiger charge is -2.53. The van der Waals surface area contributed by atoms with Crippen LogP contribution in [0.4, 0.5) is 0 Å². The summed E-state index contributed by atoms with van der Waals surface area (Å²) in [6, 6.07) is 19.1. The smallest absolute Gasteiger partial charge is 0.184 e. The number of rotatable bonds is 9. The van der Waals surface area contributed by atoms with E-state index in [0.717, 1.165) is 11.1 Å². The predicted octanol–water partition coefficient (Wildman–Crippen LogP) is 3.65. The van der Waals surface area contributed by atoms with Crippen molar-refractivity contribution < 1.29 is 28.8 Å². The highest BCUT2D eigenvalue weighted by molar-refractivity contribution is 5.18. The third kappa shape index (κ3) is 4.95. The van der Waals surface area contributed by atoms with Gasteiger partial charge in [-0.05, 0) is 11.1 Å². The van der Waals surface area contributed by atoms with Crippen LogP contribution in [0.3, 0.4) is 0 Å². The Balaban J connectivity index is 1.68. The zero-order valence-electron chi connectivity index (χ0n) is 18.1. The number of azide groups is 1. The molecule has 2 aliphatic heterocycles. The van der Waals surface area contributed by atoms with Crippen LogP contribution in [0.1, 0.15) is 17.4 Å². The van der Waals surface area contributed by atoms with Crippen molar-refractivity contribution in [2.45, 2.75) is 43.0 Å². The molecule has 0 spiro atoms.